The second-order valence-corrected chi connectivity index (χ2v) is 13.3. The Morgan fingerprint density at radius 3 is 2.26 bits per heavy atom. The van der Waals surface area contributed by atoms with E-state index in [1.54, 1.807) is 43.3 Å². The van der Waals surface area contributed by atoms with Gasteiger partial charge in [-0.05, 0) is 74.1 Å². The van der Waals surface area contributed by atoms with Crippen LogP contribution in [0.1, 0.15) is 62.1 Å². The van der Waals surface area contributed by atoms with Crippen LogP contribution in [0, 0.1) is 13.8 Å². The van der Waals surface area contributed by atoms with Gasteiger partial charge in [0.05, 0.1) is 10.6 Å². The topological polar surface area (TPSA) is 86.8 Å². The molecule has 3 aromatic rings. The zero-order valence-electron chi connectivity index (χ0n) is 24.6. The Hall–Kier alpha value is -3.36. The first-order valence-corrected chi connectivity index (χ1v) is 16.4. The molecule has 224 valence electrons. The minimum atomic E-state index is -4.15. The standard InChI is InChI=1S/C33H40ClN3O4S/c1-4-30(33(39)35-28-15-7-5-8-16-28)36(22-26-14-12-11-13-24(26)2)32(38)23-37(31-21-27(34)20-19-25(31)3)42(40,41)29-17-9-6-10-18-29/h6,9-14,17-21,28,30H,4-5,7-8,15-16,22-23H2,1-3H3,(H,35,39)/t30-/m0/s1. The minimum Gasteiger partial charge on any atom is -0.352 e. The highest BCUT2D eigenvalue weighted by Crippen LogP contribution is 2.30. The van der Waals surface area contributed by atoms with Gasteiger partial charge in [0.1, 0.15) is 12.6 Å². The first kappa shape index (κ1) is 31.6. The third kappa shape index (κ3) is 7.53. The Morgan fingerprint density at radius 1 is 0.929 bits per heavy atom. The SMILES string of the molecule is CC[C@@H](C(=O)NC1CCCCC1)N(Cc1ccccc1C)C(=O)CN(c1cc(Cl)ccc1C)S(=O)(=O)c1ccccc1. The number of halogens is 1. The maximum absolute atomic E-state index is 14.3. The van der Waals surface area contributed by atoms with Crippen LogP contribution in [0.25, 0.3) is 0 Å². The maximum atomic E-state index is 14.3. The minimum absolute atomic E-state index is 0.0599. The number of carbonyl (C=O) groups excluding carboxylic acids is 2. The largest absolute Gasteiger partial charge is 0.352 e. The number of rotatable bonds is 11. The van der Waals surface area contributed by atoms with Gasteiger partial charge in [-0.3, -0.25) is 13.9 Å². The van der Waals surface area contributed by atoms with Crippen LogP contribution >= 0.6 is 11.6 Å². The molecule has 0 heterocycles. The Labute approximate surface area is 254 Å². The Balaban J connectivity index is 1.74. The third-order valence-electron chi connectivity index (χ3n) is 7.99. The van der Waals surface area contributed by atoms with E-state index in [2.05, 4.69) is 5.32 Å². The van der Waals surface area contributed by atoms with Gasteiger partial charge in [-0.1, -0.05) is 86.3 Å². The van der Waals surface area contributed by atoms with Crippen LogP contribution in [0.2, 0.25) is 5.02 Å². The number of hydrogen-bond donors (Lipinski definition) is 1. The molecule has 0 radical (unpaired) electrons. The first-order chi connectivity index (χ1) is 20.1. The number of nitrogens with zero attached hydrogens (tertiary/aromatic N) is 2. The predicted octanol–water partition coefficient (Wildman–Crippen LogP) is 6.41. The summed E-state index contributed by atoms with van der Waals surface area (Å²) in [6.07, 6.45) is 5.53. The number of amides is 2. The van der Waals surface area contributed by atoms with Crippen LogP contribution in [0.5, 0.6) is 0 Å². The Bertz CT molecular complexity index is 1490. The monoisotopic (exact) mass is 609 g/mol. The average molecular weight is 610 g/mol. The van der Waals surface area contributed by atoms with E-state index in [1.165, 1.54) is 17.0 Å². The van der Waals surface area contributed by atoms with Crippen molar-refractivity contribution in [1.29, 1.82) is 0 Å². The van der Waals surface area contributed by atoms with Crippen molar-refractivity contribution in [2.24, 2.45) is 0 Å². The molecule has 1 aliphatic rings. The van der Waals surface area contributed by atoms with Gasteiger partial charge in [-0.25, -0.2) is 8.42 Å². The van der Waals surface area contributed by atoms with Crippen molar-refractivity contribution in [2.75, 3.05) is 10.8 Å². The van der Waals surface area contributed by atoms with Crippen LogP contribution in [0.3, 0.4) is 0 Å². The fourth-order valence-electron chi connectivity index (χ4n) is 5.52. The molecule has 0 saturated heterocycles. The molecule has 4 rings (SSSR count). The number of anilines is 1. The second kappa shape index (κ2) is 14.2. The lowest BCUT2D eigenvalue weighted by atomic mass is 9.95. The molecule has 0 aliphatic heterocycles. The lowest BCUT2D eigenvalue weighted by Crippen LogP contribution is -2.54. The molecule has 3 aromatic carbocycles. The molecule has 0 aromatic heterocycles. The number of aryl methyl sites for hydroxylation is 2. The highest BCUT2D eigenvalue weighted by Gasteiger charge is 2.35. The van der Waals surface area contributed by atoms with Gasteiger partial charge in [0.15, 0.2) is 0 Å². The van der Waals surface area contributed by atoms with E-state index >= 15 is 0 Å². The molecule has 7 nitrogen and oxygen atoms in total. The summed E-state index contributed by atoms with van der Waals surface area (Å²) in [5.74, 6) is -0.675. The van der Waals surface area contributed by atoms with Crippen molar-refractivity contribution in [3.63, 3.8) is 0 Å². The smallest absolute Gasteiger partial charge is 0.264 e. The molecule has 0 unspecified atom stereocenters. The summed E-state index contributed by atoms with van der Waals surface area (Å²) in [7, 11) is -4.15. The number of benzene rings is 3. The summed E-state index contributed by atoms with van der Waals surface area (Å²) in [4.78, 5) is 29.6. The number of hydrogen-bond acceptors (Lipinski definition) is 4. The molecule has 1 atom stereocenters. The first-order valence-electron chi connectivity index (χ1n) is 14.6. The summed E-state index contributed by atoms with van der Waals surface area (Å²) in [6, 6.07) is 20.0. The van der Waals surface area contributed by atoms with Gasteiger partial charge >= 0.3 is 0 Å². The molecule has 1 N–H and O–H groups in total. The van der Waals surface area contributed by atoms with E-state index in [-0.39, 0.29) is 23.4 Å². The molecule has 0 spiro atoms. The van der Waals surface area contributed by atoms with Crippen molar-refractivity contribution in [3.8, 4) is 0 Å². The number of sulfonamides is 1. The van der Waals surface area contributed by atoms with Crippen molar-refractivity contribution in [2.45, 2.75) is 82.8 Å². The van der Waals surface area contributed by atoms with Crippen molar-refractivity contribution < 1.29 is 18.0 Å². The van der Waals surface area contributed by atoms with E-state index in [1.807, 2.05) is 38.1 Å². The van der Waals surface area contributed by atoms with Crippen LogP contribution in [-0.2, 0) is 26.2 Å². The highest BCUT2D eigenvalue weighted by atomic mass is 35.5. The van der Waals surface area contributed by atoms with Gasteiger partial charge in [-0.15, -0.1) is 0 Å². The molecule has 42 heavy (non-hydrogen) atoms. The Kier molecular flexibility index (Phi) is 10.7. The predicted molar refractivity (Wildman–Crippen MR) is 168 cm³/mol. The summed E-state index contributed by atoms with van der Waals surface area (Å²) < 4.78 is 29.2. The normalized spacial score (nSPS) is 14.7. The second-order valence-electron chi connectivity index (χ2n) is 11.0. The van der Waals surface area contributed by atoms with E-state index in [9.17, 15) is 18.0 Å². The lowest BCUT2D eigenvalue weighted by molar-refractivity contribution is -0.140. The van der Waals surface area contributed by atoms with Gasteiger partial charge in [-0.2, -0.15) is 0 Å². The molecular formula is C33H40ClN3O4S. The summed E-state index contributed by atoms with van der Waals surface area (Å²) in [6.45, 7) is 5.31. The molecule has 2 amide bonds. The fraction of sp³-hybridized carbons (Fsp3) is 0.394. The number of nitrogens with one attached hydrogen (secondary N) is 1. The highest BCUT2D eigenvalue weighted by molar-refractivity contribution is 7.92. The van der Waals surface area contributed by atoms with Gasteiger partial charge in [0.25, 0.3) is 10.0 Å². The van der Waals surface area contributed by atoms with E-state index in [0.29, 0.717) is 22.7 Å². The van der Waals surface area contributed by atoms with Crippen LogP contribution in [0.4, 0.5) is 5.69 Å². The summed E-state index contributed by atoms with van der Waals surface area (Å²) in [5, 5.41) is 3.53. The van der Waals surface area contributed by atoms with Gasteiger partial charge in [0.2, 0.25) is 11.8 Å². The summed E-state index contributed by atoms with van der Waals surface area (Å²) in [5.41, 5.74) is 2.85. The number of carbonyl (C=O) groups is 2. The zero-order valence-corrected chi connectivity index (χ0v) is 26.1. The molecular weight excluding hydrogens is 570 g/mol. The average Bonchev–Trinajstić information content (AvgIpc) is 2.99. The van der Waals surface area contributed by atoms with Crippen LogP contribution in [0.15, 0.2) is 77.7 Å². The summed E-state index contributed by atoms with van der Waals surface area (Å²) >= 11 is 6.32. The molecule has 1 fully saturated rings. The van der Waals surface area contributed by atoms with Crippen molar-refractivity contribution in [1.82, 2.24) is 10.2 Å². The quantitative estimate of drug-likeness (QED) is 0.272. The third-order valence-corrected chi connectivity index (χ3v) is 10.00. The van der Waals surface area contributed by atoms with E-state index in [0.717, 1.165) is 47.5 Å². The van der Waals surface area contributed by atoms with Crippen molar-refractivity contribution >= 4 is 39.1 Å². The lowest BCUT2D eigenvalue weighted by Gasteiger charge is -2.35. The van der Waals surface area contributed by atoms with E-state index < -0.39 is 28.5 Å². The molecule has 1 aliphatic carbocycles. The van der Waals surface area contributed by atoms with Gasteiger partial charge in [0, 0.05) is 17.6 Å². The maximum Gasteiger partial charge on any atom is 0.264 e. The molecule has 1 saturated carbocycles. The Morgan fingerprint density at radius 2 is 1.60 bits per heavy atom. The fourth-order valence-corrected chi connectivity index (χ4v) is 7.18. The van der Waals surface area contributed by atoms with E-state index in [4.69, 9.17) is 11.6 Å². The zero-order chi connectivity index (χ0) is 30.3. The van der Waals surface area contributed by atoms with Crippen molar-refractivity contribution in [3.05, 3.63) is 94.5 Å². The van der Waals surface area contributed by atoms with Gasteiger partial charge < -0.3 is 10.2 Å². The molecule has 9 heteroatoms. The molecule has 0 bridgehead atoms. The van der Waals surface area contributed by atoms with Crippen LogP contribution in [-0.4, -0.2) is 43.8 Å². The van der Waals surface area contributed by atoms with Crippen LogP contribution < -0.4 is 9.62 Å².